The molecule has 1 rings (SSSR count). The van der Waals surface area contributed by atoms with E-state index in [1.54, 1.807) is 12.1 Å². The summed E-state index contributed by atoms with van der Waals surface area (Å²) in [7, 11) is 0. The molecule has 0 aromatic heterocycles. The van der Waals surface area contributed by atoms with E-state index < -0.39 is 0 Å². The van der Waals surface area contributed by atoms with Gasteiger partial charge in [0, 0.05) is 11.1 Å². The molecular formula is C14H21ClFN. The summed E-state index contributed by atoms with van der Waals surface area (Å²) < 4.78 is 13.6. The fourth-order valence-corrected chi connectivity index (χ4v) is 1.92. The van der Waals surface area contributed by atoms with Gasteiger partial charge < -0.3 is 5.32 Å². The van der Waals surface area contributed by atoms with Crippen LogP contribution in [0.4, 0.5) is 4.39 Å². The minimum Gasteiger partial charge on any atom is -0.314 e. The molecule has 17 heavy (non-hydrogen) atoms. The Kier molecular flexibility index (Phi) is 5.93. The maximum atomic E-state index is 13.6. The Bertz CT molecular complexity index is 352. The summed E-state index contributed by atoms with van der Waals surface area (Å²) in [6.45, 7) is 7.31. The third-order valence-corrected chi connectivity index (χ3v) is 3.15. The zero-order valence-electron chi connectivity index (χ0n) is 10.8. The smallest absolute Gasteiger partial charge is 0.127 e. The van der Waals surface area contributed by atoms with E-state index in [1.807, 2.05) is 0 Å². The second kappa shape index (κ2) is 6.97. The van der Waals surface area contributed by atoms with Crippen LogP contribution in [0.3, 0.4) is 0 Å². The van der Waals surface area contributed by atoms with Crippen LogP contribution in [0.15, 0.2) is 18.2 Å². The minimum absolute atomic E-state index is 0.194. The fraction of sp³-hybridized carbons (Fsp3) is 0.571. The second-order valence-corrected chi connectivity index (χ2v) is 5.21. The number of nitrogens with one attached hydrogen (secondary N) is 1. The van der Waals surface area contributed by atoms with E-state index in [2.05, 4.69) is 26.1 Å². The molecule has 0 saturated carbocycles. The Morgan fingerprint density at radius 3 is 2.59 bits per heavy atom. The normalized spacial score (nSPS) is 13.1. The molecule has 3 heteroatoms. The van der Waals surface area contributed by atoms with Gasteiger partial charge in [0.15, 0.2) is 0 Å². The largest absolute Gasteiger partial charge is 0.314 e. The molecule has 1 N–H and O–H groups in total. The van der Waals surface area contributed by atoms with Gasteiger partial charge in [0.1, 0.15) is 5.82 Å². The molecule has 1 aromatic carbocycles. The lowest BCUT2D eigenvalue weighted by molar-refractivity contribution is 0.429. The summed E-state index contributed by atoms with van der Waals surface area (Å²) >= 11 is 5.74. The summed E-state index contributed by atoms with van der Waals surface area (Å²) in [6.07, 6.45) is 1.81. The Morgan fingerprint density at radius 1 is 1.35 bits per heavy atom. The molecule has 0 fully saturated rings. The SMILES string of the molecule is CCC(CNC(C)C)Cc1ccc(Cl)cc1F. The van der Waals surface area contributed by atoms with E-state index in [4.69, 9.17) is 11.6 Å². The van der Waals surface area contributed by atoms with E-state index in [0.29, 0.717) is 17.0 Å². The van der Waals surface area contributed by atoms with Crippen molar-refractivity contribution in [3.63, 3.8) is 0 Å². The first kappa shape index (κ1) is 14.5. The average molecular weight is 258 g/mol. The molecule has 0 amide bonds. The van der Waals surface area contributed by atoms with Gasteiger partial charge in [0.2, 0.25) is 0 Å². The van der Waals surface area contributed by atoms with E-state index in [1.165, 1.54) is 6.07 Å². The third kappa shape index (κ3) is 5.05. The molecule has 1 unspecified atom stereocenters. The van der Waals surface area contributed by atoms with Crippen LogP contribution in [0.2, 0.25) is 5.02 Å². The maximum Gasteiger partial charge on any atom is 0.127 e. The number of hydrogen-bond donors (Lipinski definition) is 1. The highest BCUT2D eigenvalue weighted by Crippen LogP contribution is 2.19. The number of rotatable bonds is 6. The molecule has 0 bridgehead atoms. The van der Waals surface area contributed by atoms with Gasteiger partial charge in [-0.1, -0.05) is 44.9 Å². The van der Waals surface area contributed by atoms with E-state index >= 15 is 0 Å². The van der Waals surface area contributed by atoms with Crippen LogP contribution < -0.4 is 5.32 Å². The van der Waals surface area contributed by atoms with E-state index in [0.717, 1.165) is 24.9 Å². The van der Waals surface area contributed by atoms with Gasteiger partial charge in [-0.05, 0) is 36.6 Å². The lowest BCUT2D eigenvalue weighted by Gasteiger charge is -2.18. The van der Waals surface area contributed by atoms with Crippen LogP contribution in [0.5, 0.6) is 0 Å². The number of halogens is 2. The Hall–Kier alpha value is -0.600. The fourth-order valence-electron chi connectivity index (χ4n) is 1.76. The Balaban J connectivity index is 2.60. The molecule has 0 aliphatic heterocycles. The lowest BCUT2D eigenvalue weighted by atomic mass is 9.96. The molecule has 0 saturated heterocycles. The first-order valence-electron chi connectivity index (χ1n) is 6.20. The predicted octanol–water partition coefficient (Wildman–Crippen LogP) is 4.05. The van der Waals surface area contributed by atoms with Crippen molar-refractivity contribution in [2.75, 3.05) is 6.54 Å². The monoisotopic (exact) mass is 257 g/mol. The summed E-state index contributed by atoms with van der Waals surface area (Å²) in [5, 5.41) is 3.86. The van der Waals surface area contributed by atoms with Gasteiger partial charge in [-0.25, -0.2) is 4.39 Å². The highest BCUT2D eigenvalue weighted by Gasteiger charge is 2.11. The molecule has 1 aromatic rings. The second-order valence-electron chi connectivity index (χ2n) is 4.78. The molecular weight excluding hydrogens is 237 g/mol. The molecule has 96 valence electrons. The van der Waals surface area contributed by atoms with Crippen molar-refractivity contribution in [1.29, 1.82) is 0 Å². The molecule has 0 heterocycles. The lowest BCUT2D eigenvalue weighted by Crippen LogP contribution is -2.29. The van der Waals surface area contributed by atoms with Crippen molar-refractivity contribution in [3.8, 4) is 0 Å². The van der Waals surface area contributed by atoms with Crippen LogP contribution in [0, 0.1) is 11.7 Å². The Labute approximate surface area is 108 Å². The number of hydrogen-bond acceptors (Lipinski definition) is 1. The predicted molar refractivity (Wildman–Crippen MR) is 72.0 cm³/mol. The summed E-state index contributed by atoms with van der Waals surface area (Å²) in [4.78, 5) is 0. The topological polar surface area (TPSA) is 12.0 Å². The third-order valence-electron chi connectivity index (χ3n) is 2.92. The van der Waals surface area contributed by atoms with Crippen molar-refractivity contribution in [2.24, 2.45) is 5.92 Å². The highest BCUT2D eigenvalue weighted by molar-refractivity contribution is 6.30. The van der Waals surface area contributed by atoms with Crippen molar-refractivity contribution in [2.45, 2.75) is 39.7 Å². The van der Waals surface area contributed by atoms with Crippen LogP contribution in [0.1, 0.15) is 32.8 Å². The molecule has 1 nitrogen and oxygen atoms in total. The van der Waals surface area contributed by atoms with E-state index in [-0.39, 0.29) is 5.82 Å². The Morgan fingerprint density at radius 2 is 2.06 bits per heavy atom. The van der Waals surface area contributed by atoms with Gasteiger partial charge in [0.05, 0.1) is 0 Å². The molecule has 0 spiro atoms. The first-order chi connectivity index (χ1) is 8.02. The van der Waals surface area contributed by atoms with Crippen molar-refractivity contribution >= 4 is 11.6 Å². The summed E-state index contributed by atoms with van der Waals surface area (Å²) in [5.41, 5.74) is 0.756. The van der Waals surface area contributed by atoms with Crippen LogP contribution in [-0.4, -0.2) is 12.6 Å². The van der Waals surface area contributed by atoms with Crippen molar-refractivity contribution < 1.29 is 4.39 Å². The quantitative estimate of drug-likeness (QED) is 0.811. The average Bonchev–Trinajstić information content (AvgIpc) is 2.26. The number of benzene rings is 1. The maximum absolute atomic E-state index is 13.6. The molecule has 0 aliphatic carbocycles. The minimum atomic E-state index is -0.194. The van der Waals surface area contributed by atoms with Crippen molar-refractivity contribution in [3.05, 3.63) is 34.6 Å². The van der Waals surface area contributed by atoms with Crippen molar-refractivity contribution in [1.82, 2.24) is 5.32 Å². The van der Waals surface area contributed by atoms with Crippen LogP contribution in [-0.2, 0) is 6.42 Å². The first-order valence-corrected chi connectivity index (χ1v) is 6.58. The summed E-state index contributed by atoms with van der Waals surface area (Å²) in [5.74, 6) is 0.272. The standard InChI is InChI=1S/C14H21ClFN/c1-4-11(9-17-10(2)3)7-12-5-6-13(15)8-14(12)16/h5-6,8,10-11,17H,4,7,9H2,1-3H3. The zero-order valence-corrected chi connectivity index (χ0v) is 11.5. The highest BCUT2D eigenvalue weighted by atomic mass is 35.5. The van der Waals surface area contributed by atoms with Gasteiger partial charge in [0.25, 0.3) is 0 Å². The molecule has 1 atom stereocenters. The molecule has 0 aliphatic rings. The molecule has 0 radical (unpaired) electrons. The van der Waals surface area contributed by atoms with Crippen LogP contribution in [0.25, 0.3) is 0 Å². The van der Waals surface area contributed by atoms with Gasteiger partial charge >= 0.3 is 0 Å². The van der Waals surface area contributed by atoms with Gasteiger partial charge in [-0.2, -0.15) is 0 Å². The van der Waals surface area contributed by atoms with Gasteiger partial charge in [-0.15, -0.1) is 0 Å². The zero-order chi connectivity index (χ0) is 12.8. The van der Waals surface area contributed by atoms with E-state index in [9.17, 15) is 4.39 Å². The van der Waals surface area contributed by atoms with Crippen LogP contribution >= 0.6 is 11.6 Å². The summed E-state index contributed by atoms with van der Waals surface area (Å²) in [6, 6.07) is 5.40. The van der Waals surface area contributed by atoms with Gasteiger partial charge in [-0.3, -0.25) is 0 Å².